The van der Waals surface area contributed by atoms with Crippen LogP contribution in [-0.4, -0.2) is 15.2 Å². The topological polar surface area (TPSA) is 51.8 Å². The first-order valence-corrected chi connectivity index (χ1v) is 9.32. The van der Waals surface area contributed by atoms with E-state index < -0.39 is 0 Å². The van der Waals surface area contributed by atoms with Gasteiger partial charge in [-0.05, 0) is 30.9 Å². The van der Waals surface area contributed by atoms with E-state index in [9.17, 15) is 0 Å². The summed E-state index contributed by atoms with van der Waals surface area (Å²) in [7, 11) is 0. The summed E-state index contributed by atoms with van der Waals surface area (Å²) in [6, 6.07) is 8.69. The molecule has 0 aliphatic rings. The summed E-state index contributed by atoms with van der Waals surface area (Å²) in [5.74, 6) is 1.94. The zero-order valence-corrected chi connectivity index (χ0v) is 15.3. The Morgan fingerprint density at radius 3 is 2.48 bits per heavy atom. The van der Waals surface area contributed by atoms with Gasteiger partial charge < -0.3 is 4.42 Å². The van der Waals surface area contributed by atoms with Gasteiger partial charge in [0.15, 0.2) is 0 Å². The van der Waals surface area contributed by atoms with Crippen LogP contribution in [0.25, 0.3) is 10.8 Å². The molecule has 0 N–H and O–H groups in total. The van der Waals surface area contributed by atoms with E-state index in [-0.39, 0.29) is 0 Å². The van der Waals surface area contributed by atoms with Crippen molar-refractivity contribution in [3.8, 4) is 10.8 Å². The summed E-state index contributed by atoms with van der Waals surface area (Å²) in [6.07, 6.45) is 0. The Hall–Kier alpha value is -1.66. The minimum Gasteiger partial charge on any atom is -0.410 e. The molecule has 0 unspecified atom stereocenters. The van der Waals surface area contributed by atoms with Crippen molar-refractivity contribution < 1.29 is 4.42 Å². The highest BCUT2D eigenvalue weighted by atomic mass is 32.2. The van der Waals surface area contributed by atoms with Crippen LogP contribution in [0.15, 0.2) is 33.9 Å². The van der Waals surface area contributed by atoms with Gasteiger partial charge in [-0.2, -0.15) is 0 Å². The molecule has 2 heterocycles. The third kappa shape index (κ3) is 3.82. The normalized spacial score (nSPS) is 11.3. The number of aromatic nitrogens is 3. The van der Waals surface area contributed by atoms with Gasteiger partial charge in [0.25, 0.3) is 11.1 Å². The molecule has 0 aliphatic heterocycles. The van der Waals surface area contributed by atoms with Crippen molar-refractivity contribution in [3.05, 3.63) is 46.1 Å². The van der Waals surface area contributed by atoms with Crippen molar-refractivity contribution >= 4 is 23.1 Å². The molecule has 3 rings (SSSR count). The highest BCUT2D eigenvalue weighted by Crippen LogP contribution is 2.31. The highest BCUT2D eigenvalue weighted by Gasteiger charge is 2.15. The van der Waals surface area contributed by atoms with Crippen molar-refractivity contribution in [2.75, 3.05) is 0 Å². The maximum atomic E-state index is 5.76. The van der Waals surface area contributed by atoms with Crippen molar-refractivity contribution in [2.45, 2.75) is 44.6 Å². The first-order chi connectivity index (χ1) is 11.0. The Balaban J connectivity index is 1.66. The fourth-order valence-corrected chi connectivity index (χ4v) is 3.79. The number of thioether (sulfide) groups is 1. The van der Waals surface area contributed by atoms with Crippen molar-refractivity contribution in [1.82, 2.24) is 15.2 Å². The molecule has 3 aromatic rings. The molecule has 120 valence electrons. The Bertz CT molecular complexity index is 791. The third-order valence-electron chi connectivity index (χ3n) is 3.51. The number of benzene rings is 1. The standard InChI is InChI=1S/C17H19N3OS2/c1-10(2)14-7-5-13(6-8-14)9-22-17-20-19-16(21-17)15-11(3)18-12(4)23-15/h5-8,10H,9H2,1-4H3. The summed E-state index contributed by atoms with van der Waals surface area (Å²) in [5, 5.41) is 9.88. The summed E-state index contributed by atoms with van der Waals surface area (Å²) in [5.41, 5.74) is 3.55. The molecule has 4 nitrogen and oxygen atoms in total. The first-order valence-electron chi connectivity index (χ1n) is 7.52. The van der Waals surface area contributed by atoms with Gasteiger partial charge in [0.1, 0.15) is 4.88 Å². The summed E-state index contributed by atoms with van der Waals surface area (Å²) >= 11 is 3.14. The van der Waals surface area contributed by atoms with Gasteiger partial charge in [0.2, 0.25) is 0 Å². The summed E-state index contributed by atoms with van der Waals surface area (Å²) < 4.78 is 5.76. The molecule has 6 heteroatoms. The van der Waals surface area contributed by atoms with E-state index in [4.69, 9.17) is 4.42 Å². The van der Waals surface area contributed by atoms with Gasteiger partial charge in [-0.25, -0.2) is 4.98 Å². The highest BCUT2D eigenvalue weighted by molar-refractivity contribution is 7.98. The molecule has 0 spiro atoms. The zero-order valence-electron chi connectivity index (χ0n) is 13.7. The number of aryl methyl sites for hydroxylation is 2. The van der Waals surface area contributed by atoms with E-state index in [2.05, 4.69) is 53.3 Å². The van der Waals surface area contributed by atoms with Crippen LogP contribution in [0, 0.1) is 13.8 Å². The van der Waals surface area contributed by atoms with Gasteiger partial charge >= 0.3 is 0 Å². The maximum Gasteiger partial charge on any atom is 0.277 e. The van der Waals surface area contributed by atoms with E-state index in [1.807, 2.05) is 13.8 Å². The summed E-state index contributed by atoms with van der Waals surface area (Å²) in [4.78, 5) is 5.36. The average molecular weight is 345 g/mol. The number of nitrogens with zero attached hydrogens (tertiary/aromatic N) is 3. The first kappa shape index (κ1) is 16.2. The Morgan fingerprint density at radius 2 is 1.87 bits per heavy atom. The molecular formula is C17H19N3OS2. The number of hydrogen-bond donors (Lipinski definition) is 0. The quantitative estimate of drug-likeness (QED) is 0.593. The van der Waals surface area contributed by atoms with Gasteiger partial charge in [0.05, 0.1) is 10.7 Å². The summed E-state index contributed by atoms with van der Waals surface area (Å²) in [6.45, 7) is 8.35. The third-order valence-corrected chi connectivity index (χ3v) is 5.46. The van der Waals surface area contributed by atoms with Crippen molar-refractivity contribution in [1.29, 1.82) is 0 Å². The molecule has 2 aromatic heterocycles. The predicted octanol–water partition coefficient (Wildman–Crippen LogP) is 5.23. The lowest BCUT2D eigenvalue weighted by molar-refractivity contribution is 0.466. The van der Waals surface area contributed by atoms with Crippen LogP contribution in [0.1, 0.15) is 41.6 Å². The maximum absolute atomic E-state index is 5.76. The van der Waals surface area contributed by atoms with Gasteiger partial charge in [-0.1, -0.05) is 49.9 Å². The number of thiazole rings is 1. The van der Waals surface area contributed by atoms with Crippen molar-refractivity contribution in [2.24, 2.45) is 0 Å². The second kappa shape index (κ2) is 6.84. The van der Waals surface area contributed by atoms with E-state index in [0.717, 1.165) is 21.3 Å². The lowest BCUT2D eigenvalue weighted by Gasteiger charge is -2.05. The van der Waals surface area contributed by atoms with Crippen LogP contribution in [-0.2, 0) is 5.75 Å². The second-order valence-electron chi connectivity index (χ2n) is 5.71. The monoisotopic (exact) mass is 345 g/mol. The lowest BCUT2D eigenvalue weighted by atomic mass is 10.0. The molecular weight excluding hydrogens is 326 g/mol. The molecule has 0 radical (unpaired) electrons. The van der Waals surface area contributed by atoms with Crippen LogP contribution < -0.4 is 0 Å². The number of rotatable bonds is 5. The van der Waals surface area contributed by atoms with Gasteiger partial charge in [0, 0.05) is 5.75 Å². The minimum absolute atomic E-state index is 0.557. The molecule has 0 saturated carbocycles. The zero-order chi connectivity index (χ0) is 16.4. The molecule has 0 saturated heterocycles. The fourth-order valence-electron chi connectivity index (χ4n) is 2.23. The van der Waals surface area contributed by atoms with Crippen LogP contribution in [0.4, 0.5) is 0 Å². The predicted molar refractivity (Wildman–Crippen MR) is 95.0 cm³/mol. The van der Waals surface area contributed by atoms with Gasteiger partial charge in [-0.15, -0.1) is 21.5 Å². The van der Waals surface area contributed by atoms with Crippen LogP contribution >= 0.6 is 23.1 Å². The molecule has 23 heavy (non-hydrogen) atoms. The molecule has 0 fully saturated rings. The van der Waals surface area contributed by atoms with Crippen molar-refractivity contribution in [3.63, 3.8) is 0 Å². The van der Waals surface area contributed by atoms with E-state index in [1.165, 1.54) is 11.1 Å². The minimum atomic E-state index is 0.557. The fraction of sp³-hybridized carbons (Fsp3) is 0.353. The molecule has 0 amide bonds. The Kier molecular flexibility index (Phi) is 4.82. The number of hydrogen-bond acceptors (Lipinski definition) is 6. The Morgan fingerprint density at radius 1 is 1.13 bits per heavy atom. The van der Waals surface area contributed by atoms with Crippen LogP contribution in [0.2, 0.25) is 0 Å². The van der Waals surface area contributed by atoms with E-state index in [0.29, 0.717) is 17.0 Å². The molecule has 0 bridgehead atoms. The van der Waals surface area contributed by atoms with Crippen LogP contribution in [0.5, 0.6) is 0 Å². The molecule has 1 aromatic carbocycles. The lowest BCUT2D eigenvalue weighted by Crippen LogP contribution is -1.88. The molecule has 0 aliphatic carbocycles. The molecule has 0 atom stereocenters. The second-order valence-corrected chi connectivity index (χ2v) is 7.84. The SMILES string of the molecule is Cc1nc(C)c(-c2nnc(SCc3ccc(C(C)C)cc3)o2)s1. The smallest absolute Gasteiger partial charge is 0.277 e. The van der Waals surface area contributed by atoms with Crippen LogP contribution in [0.3, 0.4) is 0 Å². The van der Waals surface area contributed by atoms with E-state index >= 15 is 0 Å². The largest absolute Gasteiger partial charge is 0.410 e. The average Bonchev–Trinajstić information content (AvgIpc) is 3.11. The van der Waals surface area contributed by atoms with E-state index in [1.54, 1.807) is 23.1 Å². The Labute approximate surface area is 144 Å². The van der Waals surface area contributed by atoms with Gasteiger partial charge in [-0.3, -0.25) is 0 Å².